The fourth-order valence-corrected chi connectivity index (χ4v) is 5.32. The van der Waals surface area contributed by atoms with Gasteiger partial charge in [-0.3, -0.25) is 24.6 Å². The molecule has 8 nitrogen and oxygen atoms in total. The summed E-state index contributed by atoms with van der Waals surface area (Å²) >= 11 is 0. The first-order valence-electron chi connectivity index (χ1n) is 12.5. The van der Waals surface area contributed by atoms with Crippen LogP contribution >= 0.6 is 0 Å². The summed E-state index contributed by atoms with van der Waals surface area (Å²) in [5.74, 6) is -0.646. The van der Waals surface area contributed by atoms with Gasteiger partial charge < -0.3 is 9.84 Å². The molecule has 194 valence electrons. The number of nitrogens with zero attached hydrogens (tertiary/aromatic N) is 4. The van der Waals surface area contributed by atoms with Crippen LogP contribution in [0.15, 0.2) is 67.3 Å². The van der Waals surface area contributed by atoms with Crippen LogP contribution in [0.5, 0.6) is 0 Å². The summed E-state index contributed by atoms with van der Waals surface area (Å²) in [6.07, 6.45) is 5.65. The lowest BCUT2D eigenvalue weighted by atomic mass is 9.86. The number of likely N-dealkylation sites (tertiary alicyclic amines) is 1. The zero-order valence-corrected chi connectivity index (χ0v) is 22.0. The summed E-state index contributed by atoms with van der Waals surface area (Å²) in [4.78, 5) is 41.4. The van der Waals surface area contributed by atoms with E-state index in [-0.39, 0.29) is 29.6 Å². The van der Waals surface area contributed by atoms with Crippen LogP contribution in [0, 0.1) is 5.92 Å². The fraction of sp³-hybridized carbons (Fsp3) is 0.414. The zero-order chi connectivity index (χ0) is 26.8. The lowest BCUT2D eigenvalue weighted by Crippen LogP contribution is -2.52. The summed E-state index contributed by atoms with van der Waals surface area (Å²) in [7, 11) is 0. The van der Waals surface area contributed by atoms with Gasteiger partial charge in [-0.05, 0) is 41.2 Å². The third-order valence-corrected chi connectivity index (χ3v) is 6.81. The molecule has 37 heavy (non-hydrogen) atoms. The summed E-state index contributed by atoms with van der Waals surface area (Å²) in [6, 6.07) is 12.4. The third-order valence-electron chi connectivity index (χ3n) is 6.81. The van der Waals surface area contributed by atoms with Crippen LogP contribution in [0.4, 0.5) is 4.79 Å². The van der Waals surface area contributed by atoms with Crippen LogP contribution in [0.25, 0.3) is 0 Å². The molecule has 4 rings (SSSR count). The molecule has 1 aromatic carbocycles. The van der Waals surface area contributed by atoms with E-state index in [2.05, 4.69) is 35.7 Å². The van der Waals surface area contributed by atoms with Gasteiger partial charge in [0.25, 0.3) is 5.91 Å². The van der Waals surface area contributed by atoms with Gasteiger partial charge in [0.1, 0.15) is 0 Å². The minimum Gasteiger partial charge on any atom is -0.450 e. The van der Waals surface area contributed by atoms with Gasteiger partial charge in [0.2, 0.25) is 0 Å². The van der Waals surface area contributed by atoms with Crippen molar-refractivity contribution in [1.82, 2.24) is 19.9 Å². The SMILES string of the molecule is CC(C)C[C@]1(OC(=O)O)C[C@H](c2cnccn2)[C@H](c2ccccn2)N1C(=O)c1ccc(C(C)(C)C)cc1. The first-order chi connectivity index (χ1) is 17.5. The molecule has 0 bridgehead atoms. The molecular formula is C29H34N4O4. The van der Waals surface area contributed by atoms with Crippen LogP contribution in [-0.4, -0.2) is 42.7 Å². The Kier molecular flexibility index (Phi) is 7.30. The number of carbonyl (C=O) groups excluding carboxylic acids is 1. The molecule has 2 aromatic heterocycles. The number of aromatic nitrogens is 3. The molecule has 1 amide bonds. The average Bonchev–Trinajstić information content (AvgIpc) is 3.17. The monoisotopic (exact) mass is 502 g/mol. The fourth-order valence-electron chi connectivity index (χ4n) is 5.32. The Morgan fingerprint density at radius 3 is 2.30 bits per heavy atom. The van der Waals surface area contributed by atoms with E-state index in [0.717, 1.165) is 5.56 Å². The van der Waals surface area contributed by atoms with Crippen molar-refractivity contribution >= 4 is 12.1 Å². The van der Waals surface area contributed by atoms with Crippen molar-refractivity contribution < 1.29 is 19.4 Å². The summed E-state index contributed by atoms with van der Waals surface area (Å²) in [6.45, 7) is 10.3. The number of ether oxygens (including phenoxy) is 1. The lowest BCUT2D eigenvalue weighted by molar-refractivity contribution is -0.108. The Morgan fingerprint density at radius 2 is 1.76 bits per heavy atom. The van der Waals surface area contributed by atoms with Gasteiger partial charge in [-0.25, -0.2) is 4.79 Å². The Morgan fingerprint density at radius 1 is 1.05 bits per heavy atom. The highest BCUT2D eigenvalue weighted by molar-refractivity contribution is 5.95. The van der Waals surface area contributed by atoms with E-state index >= 15 is 0 Å². The Hall–Kier alpha value is -3.81. The molecule has 1 fully saturated rings. The maximum Gasteiger partial charge on any atom is 0.507 e. The molecule has 0 spiro atoms. The molecular weight excluding hydrogens is 468 g/mol. The van der Waals surface area contributed by atoms with Gasteiger partial charge in [0.05, 0.1) is 17.4 Å². The third kappa shape index (κ3) is 5.48. The number of carboxylic acid groups (broad SMARTS) is 1. The predicted octanol–water partition coefficient (Wildman–Crippen LogP) is 5.98. The summed E-state index contributed by atoms with van der Waals surface area (Å²) in [5.41, 5.74) is 1.35. The average molecular weight is 503 g/mol. The highest BCUT2D eigenvalue weighted by Crippen LogP contribution is 2.54. The van der Waals surface area contributed by atoms with E-state index < -0.39 is 17.9 Å². The molecule has 3 aromatic rings. The predicted molar refractivity (Wildman–Crippen MR) is 139 cm³/mol. The van der Waals surface area contributed by atoms with Crippen LogP contribution in [0.2, 0.25) is 0 Å². The van der Waals surface area contributed by atoms with Crippen molar-refractivity contribution in [3.8, 4) is 0 Å². The minimum absolute atomic E-state index is 0.0444. The van der Waals surface area contributed by atoms with Crippen LogP contribution < -0.4 is 0 Å². The van der Waals surface area contributed by atoms with Gasteiger partial charge in [-0.2, -0.15) is 0 Å². The first kappa shape index (κ1) is 26.3. The van der Waals surface area contributed by atoms with Crippen LogP contribution in [0.1, 0.15) is 86.7 Å². The molecule has 1 aliphatic rings. The Labute approximate surface area is 217 Å². The number of pyridine rings is 1. The smallest absolute Gasteiger partial charge is 0.450 e. The topological polar surface area (TPSA) is 106 Å². The van der Waals surface area contributed by atoms with Crippen molar-refractivity contribution in [3.63, 3.8) is 0 Å². The van der Waals surface area contributed by atoms with Gasteiger partial charge in [0.15, 0.2) is 5.72 Å². The highest BCUT2D eigenvalue weighted by Gasteiger charge is 2.58. The van der Waals surface area contributed by atoms with Gasteiger partial charge in [-0.1, -0.05) is 52.8 Å². The van der Waals surface area contributed by atoms with E-state index in [1.54, 1.807) is 41.8 Å². The van der Waals surface area contributed by atoms with E-state index in [0.29, 0.717) is 23.4 Å². The Bertz CT molecular complexity index is 1230. The quantitative estimate of drug-likeness (QED) is 0.414. The van der Waals surface area contributed by atoms with Crippen molar-refractivity contribution in [1.29, 1.82) is 0 Å². The number of hydrogen-bond acceptors (Lipinski definition) is 6. The van der Waals surface area contributed by atoms with Crippen molar-refractivity contribution in [2.24, 2.45) is 5.92 Å². The minimum atomic E-state index is -1.43. The molecule has 0 radical (unpaired) electrons. The van der Waals surface area contributed by atoms with Crippen molar-refractivity contribution in [2.45, 2.75) is 70.6 Å². The molecule has 3 heterocycles. The zero-order valence-electron chi connectivity index (χ0n) is 22.0. The van der Waals surface area contributed by atoms with Crippen LogP contribution in [0.3, 0.4) is 0 Å². The number of hydrogen-bond donors (Lipinski definition) is 1. The lowest BCUT2D eigenvalue weighted by Gasteiger charge is -2.40. The molecule has 3 atom stereocenters. The summed E-state index contributed by atoms with van der Waals surface area (Å²) in [5, 5.41) is 9.86. The highest BCUT2D eigenvalue weighted by atomic mass is 16.7. The van der Waals surface area contributed by atoms with Gasteiger partial charge in [-0.15, -0.1) is 0 Å². The Balaban J connectivity index is 1.91. The summed E-state index contributed by atoms with van der Waals surface area (Å²) < 4.78 is 5.69. The molecule has 1 N–H and O–H groups in total. The van der Waals surface area contributed by atoms with E-state index in [1.165, 1.54) is 0 Å². The molecule has 0 aliphatic carbocycles. The molecule has 0 saturated carbocycles. The largest absolute Gasteiger partial charge is 0.507 e. The first-order valence-corrected chi connectivity index (χ1v) is 12.5. The van der Waals surface area contributed by atoms with Gasteiger partial charge >= 0.3 is 6.16 Å². The standard InChI is InChI=1S/C29H34N4O4/c1-19(2)16-29(37-27(35)36)17-22(24-18-30-14-15-32-24)25(23-8-6-7-13-31-23)33(29)26(34)20-9-11-21(12-10-20)28(3,4)5/h6-15,18-19,22,25H,16-17H2,1-5H3,(H,35,36)/t22-,25-,29+/m1/s1. The van der Waals surface area contributed by atoms with Crippen molar-refractivity contribution in [2.75, 3.05) is 0 Å². The maximum atomic E-state index is 14.3. The van der Waals surface area contributed by atoms with E-state index in [4.69, 9.17) is 4.74 Å². The van der Waals surface area contributed by atoms with E-state index in [1.807, 2.05) is 44.2 Å². The molecule has 0 unspecified atom stereocenters. The van der Waals surface area contributed by atoms with Gasteiger partial charge in [0, 0.05) is 49.1 Å². The number of rotatable bonds is 6. The number of benzene rings is 1. The molecule has 1 saturated heterocycles. The maximum absolute atomic E-state index is 14.3. The van der Waals surface area contributed by atoms with Crippen LogP contribution in [-0.2, 0) is 10.2 Å². The molecule has 1 aliphatic heterocycles. The van der Waals surface area contributed by atoms with Crippen molar-refractivity contribution in [3.05, 3.63) is 89.8 Å². The van der Waals surface area contributed by atoms with E-state index in [9.17, 15) is 14.7 Å². The second kappa shape index (κ2) is 10.3. The second-order valence-corrected chi connectivity index (χ2v) is 11.1. The molecule has 8 heteroatoms. The second-order valence-electron chi connectivity index (χ2n) is 11.1. The number of carbonyl (C=O) groups is 2. The number of amides is 1. The normalized spacial score (nSPS) is 21.7.